The summed E-state index contributed by atoms with van der Waals surface area (Å²) in [7, 11) is -1.27. The third-order valence-electron chi connectivity index (χ3n) is 3.20. The van der Waals surface area contributed by atoms with E-state index in [2.05, 4.69) is 10.6 Å². The summed E-state index contributed by atoms with van der Waals surface area (Å²) in [5.74, 6) is -0.0167. The van der Waals surface area contributed by atoms with Gasteiger partial charge in [-0.05, 0) is 39.5 Å². The molecule has 0 amide bonds. The number of terminal acetylenes is 1. The van der Waals surface area contributed by atoms with E-state index >= 15 is 0 Å². The summed E-state index contributed by atoms with van der Waals surface area (Å²) in [6.07, 6.45) is 5.95. The predicted octanol–water partition coefficient (Wildman–Crippen LogP) is 2.87. The zero-order chi connectivity index (χ0) is 14.0. The van der Waals surface area contributed by atoms with Gasteiger partial charge in [-0.2, -0.15) is 0 Å². The molecular weight excluding hydrogens is 256 g/mol. The highest BCUT2D eigenvalue weighted by Gasteiger charge is 2.38. The summed E-state index contributed by atoms with van der Waals surface area (Å²) in [6.45, 7) is 5.54. The Bertz CT molecular complexity index is 347. The second kappa shape index (κ2) is 5.66. The van der Waals surface area contributed by atoms with Gasteiger partial charge in [-0.1, -0.05) is 5.92 Å². The molecule has 2 atom stereocenters. The minimum Gasteiger partial charge on any atom is -0.242 e. The molecule has 0 aromatic rings. The molecule has 104 valence electrons. The monoisotopic (exact) mass is 277 g/mol. The smallest absolute Gasteiger partial charge is 0.242 e. The molecule has 0 heterocycles. The second-order valence-corrected chi connectivity index (χ2v) is 7.83. The van der Waals surface area contributed by atoms with Gasteiger partial charge < -0.3 is 0 Å². The molecule has 1 aliphatic carbocycles. The van der Waals surface area contributed by atoms with Crippen LogP contribution in [-0.2, 0) is 11.0 Å². The topological polar surface area (TPSA) is 29.1 Å². The highest BCUT2D eigenvalue weighted by atomic mass is 32.2. The number of hydrogen-bond donors (Lipinski definition) is 1. The molecule has 1 unspecified atom stereocenters. The van der Waals surface area contributed by atoms with Gasteiger partial charge in [0, 0.05) is 12.8 Å². The van der Waals surface area contributed by atoms with Crippen LogP contribution < -0.4 is 4.72 Å². The van der Waals surface area contributed by atoms with Crippen LogP contribution in [0.5, 0.6) is 0 Å². The Morgan fingerprint density at radius 1 is 1.39 bits per heavy atom. The summed E-state index contributed by atoms with van der Waals surface area (Å²) in [6, 6.07) is -0.388. The van der Waals surface area contributed by atoms with E-state index in [9.17, 15) is 13.0 Å². The van der Waals surface area contributed by atoms with Crippen LogP contribution >= 0.6 is 0 Å². The van der Waals surface area contributed by atoms with E-state index in [4.69, 9.17) is 6.42 Å². The lowest BCUT2D eigenvalue weighted by molar-refractivity contribution is -0.0469. The van der Waals surface area contributed by atoms with Gasteiger partial charge in [0.25, 0.3) is 0 Å². The maximum atomic E-state index is 13.1. The Labute approximate surface area is 111 Å². The van der Waals surface area contributed by atoms with Gasteiger partial charge >= 0.3 is 0 Å². The third-order valence-corrected chi connectivity index (χ3v) is 4.78. The predicted molar refractivity (Wildman–Crippen MR) is 70.6 cm³/mol. The van der Waals surface area contributed by atoms with Gasteiger partial charge in [-0.15, -0.1) is 6.42 Å². The summed E-state index contributed by atoms with van der Waals surface area (Å²) < 4.78 is 40.6. The van der Waals surface area contributed by atoms with E-state index in [1.54, 1.807) is 0 Å². The average molecular weight is 277 g/mol. The molecule has 1 fully saturated rings. The van der Waals surface area contributed by atoms with Crippen LogP contribution in [0.1, 0.15) is 46.5 Å². The Balaban J connectivity index is 2.59. The van der Waals surface area contributed by atoms with Crippen LogP contribution in [0, 0.1) is 18.3 Å². The molecule has 5 heteroatoms. The molecule has 1 N–H and O–H groups in total. The summed E-state index contributed by atoms with van der Waals surface area (Å²) >= 11 is 0. The van der Waals surface area contributed by atoms with E-state index < -0.39 is 21.7 Å². The molecule has 0 spiro atoms. The van der Waals surface area contributed by atoms with Gasteiger partial charge in [-0.25, -0.2) is 17.7 Å². The number of halogens is 2. The number of nitrogens with one attached hydrogen (secondary N) is 1. The molecule has 0 aromatic carbocycles. The van der Waals surface area contributed by atoms with E-state index in [0.717, 1.165) is 0 Å². The molecular formula is C13H21F2NOS. The van der Waals surface area contributed by atoms with Gasteiger partial charge in [0.05, 0.1) is 21.8 Å². The van der Waals surface area contributed by atoms with Crippen LogP contribution in [0.3, 0.4) is 0 Å². The van der Waals surface area contributed by atoms with Gasteiger partial charge in [0.15, 0.2) is 0 Å². The standard InChI is InChI=1S/C13H21F2NOS/c1-5-11(16-18(17)12(2,3)4)10-6-8-13(14,15)9-7-10/h1,10-11,16H,6-9H2,2-4H3/t11-,18?/m1/s1. The van der Waals surface area contributed by atoms with E-state index in [1.165, 1.54) is 0 Å². The molecule has 0 aromatic heterocycles. The Morgan fingerprint density at radius 2 is 1.89 bits per heavy atom. The van der Waals surface area contributed by atoms with Crippen molar-refractivity contribution in [3.05, 3.63) is 0 Å². The summed E-state index contributed by atoms with van der Waals surface area (Å²) in [5, 5.41) is 0. The largest absolute Gasteiger partial charge is 0.248 e. The third kappa shape index (κ3) is 4.33. The van der Waals surface area contributed by atoms with Gasteiger partial charge in [-0.3, -0.25) is 0 Å². The van der Waals surface area contributed by atoms with Crippen LogP contribution in [-0.4, -0.2) is 20.9 Å². The Kier molecular flexibility index (Phi) is 4.90. The second-order valence-electron chi connectivity index (χ2n) is 5.84. The van der Waals surface area contributed by atoms with Crippen molar-refractivity contribution in [1.29, 1.82) is 0 Å². The van der Waals surface area contributed by atoms with Crippen LogP contribution in [0.15, 0.2) is 0 Å². The lowest BCUT2D eigenvalue weighted by Crippen LogP contribution is -2.44. The number of rotatable bonds is 3. The van der Waals surface area contributed by atoms with Crippen molar-refractivity contribution in [3.8, 4) is 12.3 Å². The average Bonchev–Trinajstić information content (AvgIpc) is 2.24. The zero-order valence-corrected chi connectivity index (χ0v) is 11.9. The lowest BCUT2D eigenvalue weighted by atomic mass is 9.82. The molecule has 0 aliphatic heterocycles. The molecule has 18 heavy (non-hydrogen) atoms. The first kappa shape index (κ1) is 15.6. The molecule has 1 aliphatic rings. The zero-order valence-electron chi connectivity index (χ0n) is 11.1. The van der Waals surface area contributed by atoms with Crippen molar-refractivity contribution >= 4 is 11.0 Å². The quantitative estimate of drug-likeness (QED) is 0.790. The first-order valence-corrected chi connectivity index (χ1v) is 7.33. The minimum absolute atomic E-state index is 0.0130. The Hall–Kier alpha value is -0.470. The van der Waals surface area contributed by atoms with Crippen molar-refractivity contribution < 1.29 is 13.0 Å². The van der Waals surface area contributed by atoms with Crippen molar-refractivity contribution in [2.75, 3.05) is 0 Å². The number of alkyl halides is 2. The van der Waals surface area contributed by atoms with Gasteiger partial charge in [0.1, 0.15) is 0 Å². The Morgan fingerprint density at radius 3 is 2.28 bits per heavy atom. The highest BCUT2D eigenvalue weighted by molar-refractivity contribution is 7.84. The first-order chi connectivity index (χ1) is 8.15. The van der Waals surface area contributed by atoms with Crippen LogP contribution in [0.2, 0.25) is 0 Å². The van der Waals surface area contributed by atoms with Crippen LogP contribution in [0.25, 0.3) is 0 Å². The highest BCUT2D eigenvalue weighted by Crippen LogP contribution is 2.37. The van der Waals surface area contributed by atoms with Crippen molar-refractivity contribution in [2.45, 2.75) is 63.2 Å². The fourth-order valence-electron chi connectivity index (χ4n) is 1.95. The van der Waals surface area contributed by atoms with Gasteiger partial charge in [0.2, 0.25) is 5.92 Å². The molecule has 0 radical (unpaired) electrons. The fourth-order valence-corrected chi connectivity index (χ4v) is 2.80. The van der Waals surface area contributed by atoms with E-state index in [-0.39, 0.29) is 24.8 Å². The summed E-state index contributed by atoms with van der Waals surface area (Å²) in [4.78, 5) is 0. The molecule has 0 saturated heterocycles. The molecule has 0 bridgehead atoms. The molecule has 2 nitrogen and oxygen atoms in total. The van der Waals surface area contributed by atoms with E-state index in [0.29, 0.717) is 12.8 Å². The molecule has 1 saturated carbocycles. The van der Waals surface area contributed by atoms with Crippen molar-refractivity contribution in [1.82, 2.24) is 4.72 Å². The molecule has 1 rings (SSSR count). The lowest BCUT2D eigenvalue weighted by Gasteiger charge is -2.32. The van der Waals surface area contributed by atoms with Crippen LogP contribution in [0.4, 0.5) is 8.78 Å². The number of hydrogen-bond acceptors (Lipinski definition) is 1. The normalized spacial score (nSPS) is 24.2. The SMILES string of the molecule is C#C[C@@H](NS(=O)C(C)(C)C)C1CCC(F)(F)CC1. The maximum absolute atomic E-state index is 13.1. The minimum atomic E-state index is -2.56. The first-order valence-electron chi connectivity index (χ1n) is 6.18. The fraction of sp³-hybridized carbons (Fsp3) is 0.846. The summed E-state index contributed by atoms with van der Waals surface area (Å²) in [5.41, 5.74) is 0. The van der Waals surface area contributed by atoms with E-state index in [1.807, 2.05) is 20.8 Å². The van der Waals surface area contributed by atoms with Crippen molar-refractivity contribution in [2.24, 2.45) is 5.92 Å². The van der Waals surface area contributed by atoms with Crippen molar-refractivity contribution in [3.63, 3.8) is 0 Å². The maximum Gasteiger partial charge on any atom is 0.248 e.